The molecule has 8 heteroatoms. The summed E-state index contributed by atoms with van der Waals surface area (Å²) in [5.41, 5.74) is -4.93. The van der Waals surface area contributed by atoms with Crippen molar-refractivity contribution >= 4 is 31.6 Å². The van der Waals surface area contributed by atoms with E-state index >= 15 is 0 Å². The molecule has 0 aliphatic rings. The quantitative estimate of drug-likeness (QED) is 0.742. The zero-order valence-electron chi connectivity index (χ0n) is 10.8. The summed E-state index contributed by atoms with van der Waals surface area (Å²) in [6.07, 6.45) is 0. The Kier molecular flexibility index (Phi) is 4.44. The van der Waals surface area contributed by atoms with E-state index in [-0.39, 0.29) is 5.56 Å². The van der Waals surface area contributed by atoms with Crippen LogP contribution in [0.3, 0.4) is 0 Å². The lowest BCUT2D eigenvalue weighted by Crippen LogP contribution is -2.23. The first-order valence-electron chi connectivity index (χ1n) is 5.84. The predicted octanol–water partition coefficient (Wildman–Crippen LogP) is 3.97. The minimum absolute atomic E-state index is 0.100. The lowest BCUT2D eigenvalue weighted by atomic mass is 10.0. The molecule has 0 aromatic heterocycles. The second-order valence-corrected chi connectivity index (χ2v) is 7.17. The van der Waals surface area contributed by atoms with E-state index in [4.69, 9.17) is 0 Å². The maximum absolute atomic E-state index is 12.4. The molecule has 2 rings (SSSR count). The lowest BCUT2D eigenvalue weighted by Gasteiger charge is -2.08. The van der Waals surface area contributed by atoms with Crippen molar-refractivity contribution in [2.24, 2.45) is 0 Å². The molecule has 3 nitrogen and oxygen atoms in total. The van der Waals surface area contributed by atoms with Crippen LogP contribution in [-0.2, 0) is 9.84 Å². The van der Waals surface area contributed by atoms with E-state index in [1.165, 1.54) is 0 Å². The van der Waals surface area contributed by atoms with Crippen molar-refractivity contribution in [3.8, 4) is 0 Å². The molecule has 0 heterocycles. The normalized spacial score (nSPS) is 12.2. The van der Waals surface area contributed by atoms with Gasteiger partial charge in [-0.1, -0.05) is 15.9 Å². The fraction of sp³-hybridized carbons (Fsp3) is 0.0714. The first-order chi connectivity index (χ1) is 10.1. The Balaban J connectivity index is 2.33. The summed E-state index contributed by atoms with van der Waals surface area (Å²) in [5, 5.41) is 0. The second kappa shape index (κ2) is 5.85. The van der Waals surface area contributed by atoms with Gasteiger partial charge in [-0.3, -0.25) is 4.79 Å². The van der Waals surface area contributed by atoms with Crippen molar-refractivity contribution in [1.29, 1.82) is 0 Å². The number of rotatable bonds is 3. The maximum Gasteiger partial charge on any atom is 0.501 e. The molecule has 116 valence electrons. The maximum atomic E-state index is 12.4. The molecule has 0 spiro atoms. The van der Waals surface area contributed by atoms with Crippen molar-refractivity contribution in [2.75, 3.05) is 0 Å². The third-order valence-electron chi connectivity index (χ3n) is 2.84. The largest absolute Gasteiger partial charge is 0.501 e. The number of hydrogen-bond acceptors (Lipinski definition) is 3. The third-order valence-corrected chi connectivity index (χ3v) is 4.87. The Labute approximate surface area is 132 Å². The average molecular weight is 393 g/mol. The molecular weight excluding hydrogens is 385 g/mol. The molecule has 0 saturated heterocycles. The number of carbonyl (C=O) groups excluding carboxylic acids is 1. The molecule has 0 aliphatic carbocycles. The van der Waals surface area contributed by atoms with Crippen molar-refractivity contribution in [2.45, 2.75) is 10.4 Å². The van der Waals surface area contributed by atoms with Gasteiger partial charge < -0.3 is 0 Å². The second-order valence-electron chi connectivity index (χ2n) is 4.31. The number of sulfone groups is 1. The van der Waals surface area contributed by atoms with Crippen molar-refractivity contribution < 1.29 is 26.4 Å². The summed E-state index contributed by atoms with van der Waals surface area (Å²) >= 11 is 3.22. The predicted molar refractivity (Wildman–Crippen MR) is 77.3 cm³/mol. The summed E-state index contributed by atoms with van der Waals surface area (Å²) in [6, 6.07) is 10.1. The van der Waals surface area contributed by atoms with Crippen molar-refractivity contribution in [3.63, 3.8) is 0 Å². The number of carbonyl (C=O) groups is 1. The summed E-state index contributed by atoms with van der Waals surface area (Å²) in [5.74, 6) is -0.413. The highest BCUT2D eigenvalue weighted by molar-refractivity contribution is 9.10. The Hall–Kier alpha value is -1.67. The van der Waals surface area contributed by atoms with Gasteiger partial charge in [-0.15, -0.1) is 0 Å². The highest BCUT2D eigenvalue weighted by Gasteiger charge is 2.46. The minimum atomic E-state index is -5.41. The van der Waals surface area contributed by atoms with Crippen LogP contribution in [0.5, 0.6) is 0 Å². The van der Waals surface area contributed by atoms with Crippen LogP contribution in [0.15, 0.2) is 57.9 Å². The van der Waals surface area contributed by atoms with Crippen LogP contribution in [0.4, 0.5) is 13.2 Å². The highest BCUT2D eigenvalue weighted by atomic mass is 79.9. The van der Waals surface area contributed by atoms with Gasteiger partial charge in [0.1, 0.15) is 0 Å². The van der Waals surface area contributed by atoms with Crippen molar-refractivity contribution in [3.05, 3.63) is 64.1 Å². The molecule has 0 N–H and O–H groups in total. The van der Waals surface area contributed by atoms with E-state index in [0.29, 0.717) is 5.56 Å². The molecule has 2 aromatic rings. The number of halogens is 4. The van der Waals surface area contributed by atoms with Crippen LogP contribution in [-0.4, -0.2) is 19.7 Å². The number of hydrogen-bond donors (Lipinski definition) is 0. The van der Waals surface area contributed by atoms with E-state index in [2.05, 4.69) is 15.9 Å². The summed E-state index contributed by atoms with van der Waals surface area (Å²) < 4.78 is 60.5. The Morgan fingerprint density at radius 3 is 1.68 bits per heavy atom. The van der Waals surface area contributed by atoms with Gasteiger partial charge >= 0.3 is 5.51 Å². The van der Waals surface area contributed by atoms with Crippen LogP contribution in [0, 0.1) is 0 Å². The van der Waals surface area contributed by atoms with E-state index in [1.54, 1.807) is 24.3 Å². The third kappa shape index (κ3) is 3.22. The molecule has 0 saturated carbocycles. The molecular formula is C14H8BrF3O3S. The van der Waals surface area contributed by atoms with Crippen LogP contribution in [0.1, 0.15) is 15.9 Å². The molecule has 0 aliphatic heterocycles. The van der Waals surface area contributed by atoms with E-state index < -0.39 is 26.0 Å². The first-order valence-corrected chi connectivity index (χ1v) is 8.12. The fourth-order valence-corrected chi connectivity index (χ4v) is 2.71. The van der Waals surface area contributed by atoms with E-state index in [9.17, 15) is 26.4 Å². The average Bonchev–Trinajstić information content (AvgIpc) is 2.46. The molecule has 0 unspecified atom stereocenters. The molecule has 22 heavy (non-hydrogen) atoms. The molecule has 0 fully saturated rings. The molecule has 0 atom stereocenters. The van der Waals surface area contributed by atoms with Crippen LogP contribution >= 0.6 is 15.9 Å². The highest BCUT2D eigenvalue weighted by Crippen LogP contribution is 2.30. The van der Waals surface area contributed by atoms with Gasteiger partial charge in [-0.05, 0) is 48.5 Å². The van der Waals surface area contributed by atoms with Gasteiger partial charge in [-0.25, -0.2) is 8.42 Å². The Morgan fingerprint density at radius 2 is 1.27 bits per heavy atom. The minimum Gasteiger partial charge on any atom is -0.289 e. The van der Waals surface area contributed by atoms with Gasteiger partial charge in [-0.2, -0.15) is 13.2 Å². The first kappa shape index (κ1) is 16.7. The zero-order valence-corrected chi connectivity index (χ0v) is 13.2. The van der Waals surface area contributed by atoms with Gasteiger partial charge in [0, 0.05) is 15.6 Å². The van der Waals surface area contributed by atoms with E-state index in [0.717, 1.165) is 28.7 Å². The topological polar surface area (TPSA) is 51.2 Å². The molecule has 0 bridgehead atoms. The standard InChI is InChI=1S/C14H8BrF3O3S/c15-11-5-1-9(2-6-11)13(19)10-3-7-12(8-4-10)22(20,21)14(16,17)18/h1-8H. The monoisotopic (exact) mass is 392 g/mol. The molecule has 0 amide bonds. The lowest BCUT2D eigenvalue weighted by molar-refractivity contribution is -0.0436. The number of benzene rings is 2. The zero-order chi connectivity index (χ0) is 16.5. The summed E-state index contributed by atoms with van der Waals surface area (Å²) in [6.45, 7) is 0. The number of alkyl halides is 3. The SMILES string of the molecule is O=C(c1ccc(Br)cc1)c1ccc(S(=O)(=O)C(F)(F)F)cc1. The van der Waals surface area contributed by atoms with E-state index in [1.807, 2.05) is 0 Å². The Morgan fingerprint density at radius 1 is 0.864 bits per heavy atom. The molecule has 2 aromatic carbocycles. The Bertz CT molecular complexity index is 795. The van der Waals surface area contributed by atoms with Crippen LogP contribution < -0.4 is 0 Å². The summed E-state index contributed by atoms with van der Waals surface area (Å²) in [4.78, 5) is 11.2. The van der Waals surface area contributed by atoms with Gasteiger partial charge in [0.05, 0.1) is 4.90 Å². The molecule has 0 radical (unpaired) electrons. The van der Waals surface area contributed by atoms with Crippen LogP contribution in [0.2, 0.25) is 0 Å². The van der Waals surface area contributed by atoms with Gasteiger partial charge in [0.15, 0.2) is 5.78 Å². The van der Waals surface area contributed by atoms with Gasteiger partial charge in [0.2, 0.25) is 0 Å². The fourth-order valence-electron chi connectivity index (χ4n) is 1.69. The summed E-state index contributed by atoms with van der Waals surface area (Å²) in [7, 11) is -5.41. The smallest absolute Gasteiger partial charge is 0.289 e. The van der Waals surface area contributed by atoms with Gasteiger partial charge in [0.25, 0.3) is 9.84 Å². The van der Waals surface area contributed by atoms with Crippen molar-refractivity contribution in [1.82, 2.24) is 0 Å². The van der Waals surface area contributed by atoms with Crippen LogP contribution in [0.25, 0.3) is 0 Å². The number of ketones is 1.